The molecule has 0 radical (unpaired) electrons. The molecule has 5 rings (SSSR count). The Bertz CT molecular complexity index is 1050. The number of H-pyrrole nitrogens is 1. The summed E-state index contributed by atoms with van der Waals surface area (Å²) >= 11 is 0. The van der Waals surface area contributed by atoms with Crippen molar-refractivity contribution in [3.8, 4) is 23.0 Å². The highest BCUT2D eigenvalue weighted by Crippen LogP contribution is 2.42. The van der Waals surface area contributed by atoms with Crippen molar-refractivity contribution in [2.45, 2.75) is 0 Å². The molecule has 1 aliphatic carbocycles. The van der Waals surface area contributed by atoms with Gasteiger partial charge < -0.3 is 14.5 Å². The number of carbonyl (C=O) groups excluding carboxylic acids is 1. The van der Waals surface area contributed by atoms with Gasteiger partial charge in [-0.3, -0.25) is 9.59 Å². The minimum Gasteiger partial charge on any atom is -0.452 e. The quantitative estimate of drug-likeness (QED) is 0.535. The number of ketones is 1. The Kier molecular flexibility index (Phi) is 1.95. The van der Waals surface area contributed by atoms with E-state index >= 15 is 0 Å². The summed E-state index contributed by atoms with van der Waals surface area (Å²) in [5, 5.41) is 1.12. The van der Waals surface area contributed by atoms with E-state index in [1.54, 1.807) is 30.3 Å². The molecule has 0 bridgehead atoms. The van der Waals surface area contributed by atoms with Gasteiger partial charge in [-0.25, -0.2) is 4.98 Å². The van der Waals surface area contributed by atoms with Crippen LogP contribution in [0.15, 0.2) is 35.1 Å². The maximum atomic E-state index is 12.8. The number of nitrogens with zero attached hydrogens (tertiary/aromatic N) is 1. The molecule has 1 aliphatic heterocycles. The molecule has 1 N–H and O–H groups in total. The van der Waals surface area contributed by atoms with Gasteiger partial charge >= 0.3 is 0 Å². The van der Waals surface area contributed by atoms with Crippen LogP contribution >= 0.6 is 0 Å². The number of aromatic nitrogens is 2. The predicted molar refractivity (Wildman–Crippen MR) is 77.4 cm³/mol. The maximum absolute atomic E-state index is 12.8. The SMILES string of the molecule is O=C1c2cc3c(nc2-c2[nH]c(=O)c4ccccc4c21)OCO3. The Labute approximate surface area is 123 Å². The van der Waals surface area contributed by atoms with Gasteiger partial charge in [-0.1, -0.05) is 18.2 Å². The van der Waals surface area contributed by atoms with E-state index in [4.69, 9.17) is 9.47 Å². The average molecular weight is 292 g/mol. The molecule has 6 nitrogen and oxygen atoms in total. The van der Waals surface area contributed by atoms with Crippen LogP contribution in [0.25, 0.3) is 22.2 Å². The van der Waals surface area contributed by atoms with Crippen molar-refractivity contribution in [3.05, 3.63) is 51.8 Å². The van der Waals surface area contributed by atoms with Crippen LogP contribution in [0.1, 0.15) is 15.9 Å². The first-order chi connectivity index (χ1) is 10.7. The number of rotatable bonds is 0. The van der Waals surface area contributed by atoms with Crippen molar-refractivity contribution >= 4 is 16.6 Å². The molecule has 6 heteroatoms. The van der Waals surface area contributed by atoms with E-state index < -0.39 is 0 Å². The second-order valence-corrected chi connectivity index (χ2v) is 5.17. The Morgan fingerprint density at radius 3 is 2.77 bits per heavy atom. The monoisotopic (exact) mass is 292 g/mol. The molecule has 0 fully saturated rings. The average Bonchev–Trinajstić information content (AvgIpc) is 3.09. The molecular formula is C16H8N2O4. The van der Waals surface area contributed by atoms with E-state index in [0.717, 1.165) is 0 Å². The van der Waals surface area contributed by atoms with Gasteiger partial charge in [0.05, 0.1) is 16.8 Å². The van der Waals surface area contributed by atoms with E-state index in [9.17, 15) is 9.59 Å². The topological polar surface area (TPSA) is 81.3 Å². The molecule has 0 unspecified atom stereocenters. The van der Waals surface area contributed by atoms with E-state index in [1.807, 2.05) is 0 Å². The highest BCUT2D eigenvalue weighted by atomic mass is 16.7. The van der Waals surface area contributed by atoms with Crippen LogP contribution in [-0.2, 0) is 0 Å². The van der Waals surface area contributed by atoms with Crippen LogP contribution in [0.3, 0.4) is 0 Å². The Hall–Kier alpha value is -3.15. The van der Waals surface area contributed by atoms with Gasteiger partial charge in [-0.15, -0.1) is 0 Å². The van der Waals surface area contributed by atoms with Gasteiger partial charge in [-0.2, -0.15) is 0 Å². The molecule has 0 spiro atoms. The third-order valence-electron chi connectivity index (χ3n) is 4.00. The number of carbonyl (C=O) groups is 1. The number of hydrogen-bond acceptors (Lipinski definition) is 5. The lowest BCUT2D eigenvalue weighted by atomic mass is 10.0. The normalized spacial score (nSPS) is 14.3. The fraction of sp³-hybridized carbons (Fsp3) is 0.0625. The lowest BCUT2D eigenvalue weighted by Crippen LogP contribution is -2.10. The highest BCUT2D eigenvalue weighted by Gasteiger charge is 2.34. The van der Waals surface area contributed by atoms with Gasteiger partial charge in [-0.05, 0) is 12.1 Å². The van der Waals surface area contributed by atoms with Gasteiger partial charge in [0, 0.05) is 10.8 Å². The number of nitrogens with one attached hydrogen (secondary N) is 1. The first-order valence-corrected chi connectivity index (χ1v) is 6.75. The van der Waals surface area contributed by atoms with Gasteiger partial charge in [0.1, 0.15) is 5.69 Å². The molecule has 2 aromatic heterocycles. The van der Waals surface area contributed by atoms with Crippen LogP contribution in [0.4, 0.5) is 0 Å². The fourth-order valence-electron chi connectivity index (χ4n) is 3.02. The lowest BCUT2D eigenvalue weighted by molar-refractivity contribution is 0.104. The van der Waals surface area contributed by atoms with Gasteiger partial charge in [0.25, 0.3) is 11.4 Å². The Balaban J connectivity index is 1.93. The Morgan fingerprint density at radius 1 is 1.09 bits per heavy atom. The molecule has 0 saturated heterocycles. The third-order valence-corrected chi connectivity index (χ3v) is 4.00. The standard InChI is InChI=1S/C16H8N2O4/c19-14-9-5-10-16(22-6-21-10)18-12(9)13-11(14)7-3-1-2-4-8(7)15(20)17-13/h1-5H,6H2,(H,17,20). The molecular weight excluding hydrogens is 284 g/mol. The van der Waals surface area contributed by atoms with Crippen LogP contribution in [0.2, 0.25) is 0 Å². The van der Waals surface area contributed by atoms with E-state index in [1.165, 1.54) is 0 Å². The second-order valence-electron chi connectivity index (χ2n) is 5.17. The molecule has 3 aromatic rings. The number of benzene rings is 1. The summed E-state index contributed by atoms with van der Waals surface area (Å²) in [6.45, 7) is 0.0838. The van der Waals surface area contributed by atoms with Crippen LogP contribution in [0, 0.1) is 0 Å². The van der Waals surface area contributed by atoms with Crippen molar-refractivity contribution in [3.63, 3.8) is 0 Å². The number of hydrogen-bond donors (Lipinski definition) is 1. The summed E-state index contributed by atoms with van der Waals surface area (Å²) in [6, 6.07) is 8.67. The van der Waals surface area contributed by atoms with Crippen molar-refractivity contribution in [2.75, 3.05) is 6.79 Å². The Morgan fingerprint density at radius 2 is 1.91 bits per heavy atom. The largest absolute Gasteiger partial charge is 0.452 e. The summed E-state index contributed by atoms with van der Waals surface area (Å²) in [5.74, 6) is 0.628. The van der Waals surface area contributed by atoms with Gasteiger partial charge in [0.2, 0.25) is 6.79 Å². The zero-order valence-corrected chi connectivity index (χ0v) is 11.2. The van der Waals surface area contributed by atoms with Crippen LogP contribution in [-0.4, -0.2) is 22.5 Å². The minimum atomic E-state index is -0.241. The summed E-state index contributed by atoms with van der Waals surface area (Å²) in [7, 11) is 0. The molecule has 0 saturated carbocycles. The number of aromatic amines is 1. The molecule has 2 aliphatic rings. The maximum Gasteiger partial charge on any atom is 0.260 e. The summed E-state index contributed by atoms with van der Waals surface area (Å²) in [4.78, 5) is 32.1. The smallest absolute Gasteiger partial charge is 0.260 e. The van der Waals surface area contributed by atoms with Crippen molar-refractivity contribution < 1.29 is 14.3 Å². The molecule has 0 atom stereocenters. The number of fused-ring (bicyclic) bond motifs is 6. The fourth-order valence-corrected chi connectivity index (χ4v) is 3.02. The van der Waals surface area contributed by atoms with Crippen molar-refractivity contribution in [2.24, 2.45) is 0 Å². The zero-order chi connectivity index (χ0) is 14.8. The second kappa shape index (κ2) is 3.73. The van der Waals surface area contributed by atoms with Crippen LogP contribution in [0.5, 0.6) is 11.6 Å². The molecule has 1 aromatic carbocycles. The molecule has 106 valence electrons. The third kappa shape index (κ3) is 1.26. The van der Waals surface area contributed by atoms with E-state index in [2.05, 4.69) is 9.97 Å². The first-order valence-electron chi connectivity index (χ1n) is 6.75. The van der Waals surface area contributed by atoms with Crippen LogP contribution < -0.4 is 15.0 Å². The van der Waals surface area contributed by atoms with E-state index in [0.29, 0.717) is 44.9 Å². The predicted octanol–water partition coefficient (Wildman–Crippen LogP) is 1.86. The summed E-state index contributed by atoms with van der Waals surface area (Å²) in [5.41, 5.74) is 1.54. The van der Waals surface area contributed by atoms with Crippen molar-refractivity contribution in [1.82, 2.24) is 9.97 Å². The molecule has 22 heavy (non-hydrogen) atoms. The number of ether oxygens (including phenoxy) is 2. The number of pyridine rings is 2. The van der Waals surface area contributed by atoms with Crippen molar-refractivity contribution in [1.29, 1.82) is 0 Å². The zero-order valence-electron chi connectivity index (χ0n) is 11.2. The molecule has 3 heterocycles. The lowest BCUT2D eigenvalue weighted by Gasteiger charge is -2.03. The first kappa shape index (κ1) is 11.5. The summed E-state index contributed by atoms with van der Waals surface area (Å²) in [6.07, 6.45) is 0. The summed E-state index contributed by atoms with van der Waals surface area (Å²) < 4.78 is 10.5. The molecule has 0 amide bonds. The van der Waals surface area contributed by atoms with Gasteiger partial charge in [0.15, 0.2) is 11.5 Å². The highest BCUT2D eigenvalue weighted by molar-refractivity contribution is 6.26. The van der Waals surface area contributed by atoms with E-state index in [-0.39, 0.29) is 18.1 Å². The minimum absolute atomic E-state index is 0.0838.